The van der Waals surface area contributed by atoms with Gasteiger partial charge in [-0.1, -0.05) is 54.6 Å². The second-order valence-corrected chi connectivity index (χ2v) is 5.31. The zero-order valence-electron chi connectivity index (χ0n) is 12.4. The van der Waals surface area contributed by atoms with E-state index in [2.05, 4.69) is 68.5 Å². The summed E-state index contributed by atoms with van der Waals surface area (Å²) in [6, 6.07) is 15.2. The van der Waals surface area contributed by atoms with Crippen molar-refractivity contribution in [3.05, 3.63) is 70.3 Å². The van der Waals surface area contributed by atoms with E-state index in [9.17, 15) is 0 Å². The van der Waals surface area contributed by atoms with Gasteiger partial charge in [0.1, 0.15) is 0 Å². The van der Waals surface area contributed by atoms with Crippen molar-refractivity contribution in [2.45, 2.75) is 26.7 Å². The first-order valence-corrected chi connectivity index (χ1v) is 7.23. The van der Waals surface area contributed by atoms with Crippen molar-refractivity contribution < 1.29 is 0 Å². The van der Waals surface area contributed by atoms with Gasteiger partial charge in [0, 0.05) is 0 Å². The average molecular weight is 265 g/mol. The van der Waals surface area contributed by atoms with Crippen molar-refractivity contribution in [2.75, 3.05) is 6.54 Å². The van der Waals surface area contributed by atoms with Crippen LogP contribution >= 0.6 is 0 Å². The fourth-order valence-electron chi connectivity index (χ4n) is 2.22. The Balaban J connectivity index is 2.12. The van der Waals surface area contributed by atoms with Gasteiger partial charge in [0.05, 0.1) is 0 Å². The lowest BCUT2D eigenvalue weighted by molar-refractivity contribution is 0.832. The highest BCUT2D eigenvalue weighted by Gasteiger charge is 1.95. The van der Waals surface area contributed by atoms with E-state index < -0.39 is 0 Å². The molecule has 0 amide bonds. The minimum atomic E-state index is 0.753. The number of hydrogen-bond acceptors (Lipinski definition) is 1. The fourth-order valence-corrected chi connectivity index (χ4v) is 2.22. The minimum Gasteiger partial charge on any atom is -0.330 e. The van der Waals surface area contributed by atoms with Crippen LogP contribution in [0.1, 0.15) is 34.2 Å². The summed E-state index contributed by atoms with van der Waals surface area (Å²) in [6.07, 6.45) is 6.46. The summed E-state index contributed by atoms with van der Waals surface area (Å²) >= 11 is 0. The van der Waals surface area contributed by atoms with Crippen molar-refractivity contribution in [1.82, 2.24) is 0 Å². The van der Waals surface area contributed by atoms with Gasteiger partial charge in [-0.15, -0.1) is 0 Å². The first-order chi connectivity index (χ1) is 9.69. The molecular formula is C19H23N. The topological polar surface area (TPSA) is 26.0 Å². The number of benzene rings is 2. The summed E-state index contributed by atoms with van der Waals surface area (Å²) in [6.45, 7) is 5.05. The maximum Gasteiger partial charge on any atom is -0.00741 e. The van der Waals surface area contributed by atoms with Crippen LogP contribution in [-0.4, -0.2) is 6.54 Å². The molecular weight excluding hydrogens is 242 g/mol. The second-order valence-electron chi connectivity index (χ2n) is 5.31. The molecule has 0 atom stereocenters. The van der Waals surface area contributed by atoms with Gasteiger partial charge in [-0.3, -0.25) is 0 Å². The van der Waals surface area contributed by atoms with E-state index in [0.717, 1.165) is 19.4 Å². The van der Waals surface area contributed by atoms with Crippen molar-refractivity contribution in [1.29, 1.82) is 0 Å². The van der Waals surface area contributed by atoms with Crippen LogP contribution in [0.15, 0.2) is 42.5 Å². The third-order valence-electron chi connectivity index (χ3n) is 3.62. The Morgan fingerprint density at radius 1 is 0.900 bits per heavy atom. The molecule has 1 heteroatoms. The van der Waals surface area contributed by atoms with E-state index in [1.807, 2.05) is 0 Å². The highest BCUT2D eigenvalue weighted by atomic mass is 14.5. The molecule has 0 aliphatic rings. The fraction of sp³-hybridized carbons (Fsp3) is 0.263. The van der Waals surface area contributed by atoms with Gasteiger partial charge < -0.3 is 5.73 Å². The lowest BCUT2D eigenvalue weighted by atomic mass is 10.0. The monoisotopic (exact) mass is 265 g/mol. The summed E-state index contributed by atoms with van der Waals surface area (Å²) in [5.74, 6) is 0. The zero-order chi connectivity index (χ0) is 14.4. The molecule has 0 spiro atoms. The van der Waals surface area contributed by atoms with E-state index >= 15 is 0 Å². The van der Waals surface area contributed by atoms with Gasteiger partial charge >= 0.3 is 0 Å². The molecule has 1 nitrogen and oxygen atoms in total. The predicted octanol–water partition coefficient (Wildman–Crippen LogP) is 4.37. The van der Waals surface area contributed by atoms with Crippen molar-refractivity contribution >= 4 is 12.2 Å². The van der Waals surface area contributed by atoms with Gasteiger partial charge in [0.15, 0.2) is 0 Å². The third kappa shape index (κ3) is 4.07. The Labute approximate surface area is 122 Å². The van der Waals surface area contributed by atoms with Crippen molar-refractivity contribution in [3.8, 4) is 0 Å². The molecule has 0 saturated heterocycles. The van der Waals surface area contributed by atoms with Crippen LogP contribution in [0.2, 0.25) is 0 Å². The molecule has 0 heterocycles. The van der Waals surface area contributed by atoms with Crippen LogP contribution in [0.5, 0.6) is 0 Å². The van der Waals surface area contributed by atoms with Crippen LogP contribution in [0.3, 0.4) is 0 Å². The van der Waals surface area contributed by atoms with Crippen LogP contribution < -0.4 is 5.73 Å². The third-order valence-corrected chi connectivity index (χ3v) is 3.62. The highest BCUT2D eigenvalue weighted by Crippen LogP contribution is 2.14. The standard InChI is InChI=1S/C19H23N/c1-15-8-9-19(13-16(15)2)11-10-18-6-3-5-17(14-18)7-4-12-20/h3,5-6,8-11,13-14H,4,7,12,20H2,1-2H3/b11-10-. The van der Waals surface area contributed by atoms with Crippen molar-refractivity contribution in [3.63, 3.8) is 0 Å². The maximum absolute atomic E-state index is 5.56. The lowest BCUT2D eigenvalue weighted by Gasteiger charge is -2.03. The molecule has 0 unspecified atom stereocenters. The number of aryl methyl sites for hydroxylation is 3. The number of rotatable bonds is 5. The summed E-state index contributed by atoms with van der Waals surface area (Å²) < 4.78 is 0. The molecule has 2 N–H and O–H groups in total. The summed E-state index contributed by atoms with van der Waals surface area (Å²) in [4.78, 5) is 0. The number of nitrogens with two attached hydrogens (primary N) is 1. The van der Waals surface area contributed by atoms with Crippen molar-refractivity contribution in [2.24, 2.45) is 5.73 Å². The first kappa shape index (κ1) is 14.5. The Bertz CT molecular complexity index is 596. The second kappa shape index (κ2) is 7.06. The van der Waals surface area contributed by atoms with Gasteiger partial charge in [0.2, 0.25) is 0 Å². The molecule has 2 aromatic rings. The normalized spacial score (nSPS) is 11.2. The molecule has 0 aliphatic heterocycles. The zero-order valence-corrected chi connectivity index (χ0v) is 12.4. The van der Waals surface area contributed by atoms with Crippen LogP contribution in [0.4, 0.5) is 0 Å². The largest absolute Gasteiger partial charge is 0.330 e. The Hall–Kier alpha value is -1.86. The van der Waals surface area contributed by atoms with E-state index in [1.54, 1.807) is 0 Å². The molecule has 20 heavy (non-hydrogen) atoms. The predicted molar refractivity (Wildman–Crippen MR) is 88.7 cm³/mol. The Kier molecular flexibility index (Phi) is 5.14. The Morgan fingerprint density at radius 3 is 2.35 bits per heavy atom. The minimum absolute atomic E-state index is 0.753. The molecule has 104 valence electrons. The molecule has 2 aromatic carbocycles. The molecule has 0 aliphatic carbocycles. The molecule has 0 radical (unpaired) electrons. The first-order valence-electron chi connectivity index (χ1n) is 7.23. The molecule has 0 bridgehead atoms. The van der Waals surface area contributed by atoms with Gasteiger partial charge in [-0.25, -0.2) is 0 Å². The average Bonchev–Trinajstić information content (AvgIpc) is 2.47. The summed E-state index contributed by atoms with van der Waals surface area (Å²) in [5.41, 5.74) is 12.1. The SMILES string of the molecule is Cc1ccc(/C=C\c2cccc(CCCN)c2)cc1C. The van der Waals surface area contributed by atoms with Crippen LogP contribution in [0.25, 0.3) is 12.2 Å². The van der Waals surface area contributed by atoms with E-state index in [1.165, 1.54) is 27.8 Å². The molecule has 0 aromatic heterocycles. The molecule has 0 fully saturated rings. The molecule has 2 rings (SSSR count). The van der Waals surface area contributed by atoms with Gasteiger partial charge in [-0.2, -0.15) is 0 Å². The smallest absolute Gasteiger partial charge is 0.00741 e. The Morgan fingerprint density at radius 2 is 1.65 bits per heavy atom. The van der Waals surface area contributed by atoms with Gasteiger partial charge in [-0.05, 0) is 61.1 Å². The maximum atomic E-state index is 5.56. The van der Waals surface area contributed by atoms with Crippen LogP contribution in [-0.2, 0) is 6.42 Å². The highest BCUT2D eigenvalue weighted by molar-refractivity contribution is 5.70. The van der Waals surface area contributed by atoms with E-state index in [4.69, 9.17) is 5.73 Å². The summed E-state index contributed by atoms with van der Waals surface area (Å²) in [7, 11) is 0. The summed E-state index contributed by atoms with van der Waals surface area (Å²) in [5, 5.41) is 0. The van der Waals surface area contributed by atoms with E-state index in [-0.39, 0.29) is 0 Å². The number of hydrogen-bond donors (Lipinski definition) is 1. The lowest BCUT2D eigenvalue weighted by Crippen LogP contribution is -2.00. The molecule has 0 saturated carbocycles. The quantitative estimate of drug-likeness (QED) is 0.798. The van der Waals surface area contributed by atoms with Gasteiger partial charge in [0.25, 0.3) is 0 Å². The van der Waals surface area contributed by atoms with E-state index in [0.29, 0.717) is 0 Å². The van der Waals surface area contributed by atoms with Crippen LogP contribution in [0, 0.1) is 13.8 Å².